The number of nitrogens with zero attached hydrogens (tertiary/aromatic N) is 1. The lowest BCUT2D eigenvalue weighted by Gasteiger charge is -2.33. The lowest BCUT2D eigenvalue weighted by molar-refractivity contribution is 0.249. The molecule has 0 spiro atoms. The van der Waals surface area contributed by atoms with Crippen LogP contribution in [-0.2, 0) is 0 Å². The van der Waals surface area contributed by atoms with Gasteiger partial charge in [0.25, 0.3) is 0 Å². The van der Waals surface area contributed by atoms with E-state index in [1.807, 2.05) is 19.1 Å². The molecule has 2 N–H and O–H groups in total. The van der Waals surface area contributed by atoms with Crippen molar-refractivity contribution in [1.82, 2.24) is 5.32 Å². The lowest BCUT2D eigenvalue weighted by Crippen LogP contribution is -2.34. The molecule has 0 unspecified atom stereocenters. The Hall–Kier alpha value is -2.20. The van der Waals surface area contributed by atoms with Crippen molar-refractivity contribution in [3.05, 3.63) is 59.1 Å². The Morgan fingerprint density at radius 1 is 1.23 bits per heavy atom. The van der Waals surface area contributed by atoms with Gasteiger partial charge in [-0.15, -0.1) is 0 Å². The molecule has 0 radical (unpaired) electrons. The second kappa shape index (κ2) is 8.45. The van der Waals surface area contributed by atoms with Crippen LogP contribution in [0.3, 0.4) is 0 Å². The van der Waals surface area contributed by atoms with Crippen LogP contribution in [0.1, 0.15) is 38.3 Å². The number of amides is 2. The molecule has 1 saturated heterocycles. The normalized spacial score (nSPS) is 18.3. The highest BCUT2D eigenvalue weighted by molar-refractivity contribution is 6.30. The summed E-state index contributed by atoms with van der Waals surface area (Å²) in [7, 11) is 0. The summed E-state index contributed by atoms with van der Waals surface area (Å²) in [6.45, 7) is 6.54. The monoisotopic (exact) mass is 371 g/mol. The number of hydrogen-bond acceptors (Lipinski definition) is 2. The number of nitrogens with one attached hydrogen (secondary N) is 2. The molecule has 26 heavy (non-hydrogen) atoms. The molecule has 2 atom stereocenters. The zero-order valence-electron chi connectivity index (χ0n) is 15.3. The molecular formula is C21H26ClN3O. The fourth-order valence-corrected chi connectivity index (χ4v) is 3.60. The van der Waals surface area contributed by atoms with Crippen LogP contribution >= 0.6 is 11.6 Å². The predicted octanol–water partition coefficient (Wildman–Crippen LogP) is 5.46. The molecule has 4 nitrogen and oxygen atoms in total. The van der Waals surface area contributed by atoms with E-state index >= 15 is 0 Å². The van der Waals surface area contributed by atoms with Gasteiger partial charge in [0, 0.05) is 29.5 Å². The SMILES string of the molecule is C[C@H]1CCCN(c2ccc([C@H](C)NC(=O)Nc3cccc(Cl)c3)cc2)C1. The zero-order chi connectivity index (χ0) is 18.5. The molecular weight excluding hydrogens is 346 g/mol. The van der Waals surface area contributed by atoms with Crippen molar-refractivity contribution in [3.8, 4) is 0 Å². The van der Waals surface area contributed by atoms with Crippen molar-refractivity contribution in [2.45, 2.75) is 32.7 Å². The molecule has 0 saturated carbocycles. The van der Waals surface area contributed by atoms with E-state index in [-0.39, 0.29) is 12.1 Å². The maximum Gasteiger partial charge on any atom is 0.319 e. The standard InChI is InChI=1S/C21H26ClN3O/c1-15-5-4-12-25(14-15)20-10-8-17(9-11-20)16(2)23-21(26)24-19-7-3-6-18(22)13-19/h3,6-11,13,15-16H,4-5,12,14H2,1-2H3,(H2,23,24,26)/t15-,16-/m0/s1. The number of halogens is 1. The van der Waals surface area contributed by atoms with Crippen LogP contribution in [0.25, 0.3) is 0 Å². The number of rotatable bonds is 4. The molecule has 2 amide bonds. The van der Waals surface area contributed by atoms with Crippen molar-refractivity contribution < 1.29 is 4.79 Å². The minimum absolute atomic E-state index is 0.0801. The molecule has 5 heteroatoms. The van der Waals surface area contributed by atoms with Crippen LogP contribution in [0.2, 0.25) is 5.02 Å². The largest absolute Gasteiger partial charge is 0.371 e. The molecule has 2 aromatic carbocycles. The number of carbonyl (C=O) groups is 1. The Morgan fingerprint density at radius 3 is 2.69 bits per heavy atom. The molecule has 0 bridgehead atoms. The number of anilines is 2. The van der Waals surface area contributed by atoms with Crippen LogP contribution in [0.15, 0.2) is 48.5 Å². The third-order valence-electron chi connectivity index (χ3n) is 4.85. The van der Waals surface area contributed by atoms with Gasteiger partial charge in [0.15, 0.2) is 0 Å². The van der Waals surface area contributed by atoms with E-state index < -0.39 is 0 Å². The molecule has 1 aliphatic heterocycles. The minimum atomic E-state index is -0.242. The fraction of sp³-hybridized carbons (Fsp3) is 0.381. The fourth-order valence-electron chi connectivity index (χ4n) is 3.41. The van der Waals surface area contributed by atoms with E-state index in [0.717, 1.165) is 24.6 Å². The van der Waals surface area contributed by atoms with Gasteiger partial charge in [0.1, 0.15) is 0 Å². The summed E-state index contributed by atoms with van der Waals surface area (Å²) in [5, 5.41) is 6.37. The van der Waals surface area contributed by atoms with Crippen molar-refractivity contribution in [3.63, 3.8) is 0 Å². The van der Waals surface area contributed by atoms with Gasteiger partial charge in [-0.1, -0.05) is 36.7 Å². The number of urea groups is 1. The van der Waals surface area contributed by atoms with Crippen molar-refractivity contribution in [1.29, 1.82) is 0 Å². The van der Waals surface area contributed by atoms with E-state index in [2.05, 4.69) is 46.7 Å². The van der Waals surface area contributed by atoms with Gasteiger partial charge in [0.2, 0.25) is 0 Å². The van der Waals surface area contributed by atoms with Gasteiger partial charge >= 0.3 is 6.03 Å². The minimum Gasteiger partial charge on any atom is -0.371 e. The van der Waals surface area contributed by atoms with Gasteiger partial charge < -0.3 is 15.5 Å². The van der Waals surface area contributed by atoms with Crippen LogP contribution in [0.4, 0.5) is 16.2 Å². The third kappa shape index (κ3) is 4.92. The third-order valence-corrected chi connectivity index (χ3v) is 5.08. The maximum absolute atomic E-state index is 12.2. The van der Waals surface area contributed by atoms with Gasteiger partial charge in [-0.2, -0.15) is 0 Å². The molecule has 2 aromatic rings. The number of hydrogen-bond donors (Lipinski definition) is 2. The Bertz CT molecular complexity index is 747. The molecule has 0 aliphatic carbocycles. The molecule has 1 aliphatic rings. The lowest BCUT2D eigenvalue weighted by atomic mass is 9.99. The second-order valence-corrected chi connectivity index (χ2v) is 7.55. The summed E-state index contributed by atoms with van der Waals surface area (Å²) in [4.78, 5) is 14.6. The topological polar surface area (TPSA) is 44.4 Å². The predicted molar refractivity (Wildman–Crippen MR) is 109 cm³/mol. The van der Waals surface area contributed by atoms with Crippen molar-refractivity contribution >= 4 is 29.0 Å². The number of benzene rings is 2. The van der Waals surface area contributed by atoms with Gasteiger partial charge in [-0.25, -0.2) is 4.79 Å². The van der Waals surface area contributed by atoms with Gasteiger partial charge in [-0.3, -0.25) is 0 Å². The maximum atomic E-state index is 12.2. The van der Waals surface area contributed by atoms with Crippen molar-refractivity contribution in [2.75, 3.05) is 23.3 Å². The highest BCUT2D eigenvalue weighted by Crippen LogP contribution is 2.24. The Balaban J connectivity index is 1.57. The Morgan fingerprint density at radius 2 is 2.00 bits per heavy atom. The average molecular weight is 372 g/mol. The Kier molecular flexibility index (Phi) is 6.04. The average Bonchev–Trinajstić information content (AvgIpc) is 2.61. The quantitative estimate of drug-likeness (QED) is 0.749. The molecule has 0 aromatic heterocycles. The van der Waals surface area contributed by atoms with E-state index in [4.69, 9.17) is 11.6 Å². The molecule has 3 rings (SSSR count). The first-order chi connectivity index (χ1) is 12.5. The summed E-state index contributed by atoms with van der Waals surface area (Å²) >= 11 is 5.94. The highest BCUT2D eigenvalue weighted by Gasteiger charge is 2.17. The summed E-state index contributed by atoms with van der Waals surface area (Å²) in [5.74, 6) is 0.749. The first kappa shape index (κ1) is 18.6. The Labute approximate surface area is 160 Å². The first-order valence-electron chi connectivity index (χ1n) is 9.19. The van der Waals surface area contributed by atoms with Crippen molar-refractivity contribution in [2.24, 2.45) is 5.92 Å². The van der Waals surface area contributed by atoms with E-state index in [9.17, 15) is 4.79 Å². The summed E-state index contributed by atoms with van der Waals surface area (Å²) in [6.07, 6.45) is 2.57. The van der Waals surface area contributed by atoms with Crippen LogP contribution in [-0.4, -0.2) is 19.1 Å². The van der Waals surface area contributed by atoms with E-state index in [0.29, 0.717) is 10.7 Å². The highest BCUT2D eigenvalue weighted by atomic mass is 35.5. The summed E-state index contributed by atoms with van der Waals surface area (Å²) in [5.41, 5.74) is 3.02. The van der Waals surface area contributed by atoms with Crippen LogP contribution in [0, 0.1) is 5.92 Å². The first-order valence-corrected chi connectivity index (χ1v) is 9.57. The van der Waals surface area contributed by atoms with Gasteiger partial charge in [-0.05, 0) is 61.6 Å². The van der Waals surface area contributed by atoms with Gasteiger partial charge in [0.05, 0.1) is 6.04 Å². The van der Waals surface area contributed by atoms with E-state index in [1.54, 1.807) is 12.1 Å². The summed E-state index contributed by atoms with van der Waals surface area (Å²) in [6, 6.07) is 15.3. The van der Waals surface area contributed by atoms with Crippen LogP contribution in [0.5, 0.6) is 0 Å². The number of carbonyl (C=O) groups excluding carboxylic acids is 1. The number of piperidine rings is 1. The molecule has 1 fully saturated rings. The summed E-state index contributed by atoms with van der Waals surface area (Å²) < 4.78 is 0. The van der Waals surface area contributed by atoms with E-state index in [1.165, 1.54) is 18.5 Å². The zero-order valence-corrected chi connectivity index (χ0v) is 16.1. The second-order valence-electron chi connectivity index (χ2n) is 7.12. The van der Waals surface area contributed by atoms with Crippen LogP contribution < -0.4 is 15.5 Å². The molecule has 1 heterocycles. The molecule has 138 valence electrons. The smallest absolute Gasteiger partial charge is 0.319 e.